The van der Waals surface area contributed by atoms with Gasteiger partial charge in [-0.15, -0.1) is 0 Å². The fraction of sp³-hybridized carbons (Fsp3) is 0.603. The van der Waals surface area contributed by atoms with Crippen molar-refractivity contribution in [2.45, 2.75) is 164 Å². The largest absolute Gasteiger partial charge is 0.504 e. The Kier molecular flexibility index (Phi) is 25.4. The molecule has 3 aromatic carbocycles. The van der Waals surface area contributed by atoms with E-state index < -0.39 is 201 Å². The van der Waals surface area contributed by atoms with Crippen LogP contribution in [0, 0.1) is 11.8 Å². The number of amides is 7. The lowest BCUT2D eigenvalue weighted by Gasteiger charge is -2.42. The first-order valence-corrected chi connectivity index (χ1v) is 33.5. The molecule has 8 rings (SSSR count). The van der Waals surface area contributed by atoms with Crippen molar-refractivity contribution in [2.24, 2.45) is 11.8 Å². The van der Waals surface area contributed by atoms with Crippen LogP contribution in [0.15, 0.2) is 66.7 Å². The number of fused-ring (bicyclic) bond motifs is 2. The molecule has 5 fully saturated rings. The molecule has 0 bridgehead atoms. The Hall–Kier alpha value is -6.82. The van der Waals surface area contributed by atoms with Gasteiger partial charge in [0.1, 0.15) is 36.3 Å². The molecule has 1 saturated carbocycles. The van der Waals surface area contributed by atoms with Gasteiger partial charge in [0.2, 0.25) is 35.4 Å². The number of piperazine rings is 1. The summed E-state index contributed by atoms with van der Waals surface area (Å²) in [5.74, 6) is -9.49. The van der Waals surface area contributed by atoms with E-state index >= 15 is 0 Å². The standard InChI is InChI=1S/C63H92N10O20S/c1-4-36-5-14-42(15-6-36)70-21-23-71(24-22-70)43-16-12-39(13-17-43)38-8-10-40(11-9-38)57(83)66-46-27-44(77)29-65-61(87)55-56(82)34(2)30-73(55)63(89)54(49(80)19-20-64-41(32-74)33-75)69-60(86)53(50(81)25-37-7-18-48(79)51(26-37)93-94(90,91)92)68-59(85)47-28-45(78)31-72(47)62(88)52(35(3)76)67-58(46)84/h7-13,16-18,26,34-36,41-42,44-47,49-50,52-56,64,74-82,90-92H,4-6,14-15,19-25,27-33H2,1-3H3,(H,65,87)(H,66,83)(H,67,84)(H,68,85)(H,69,86)/t34-,35+,36?,42?,44+,45+,46-,47-,49+,50+,52-,53-,54-,55-,56-/m0/s1. The number of rotatable bonds is 19. The maximum atomic E-state index is 15.0. The van der Waals surface area contributed by atoms with Crippen molar-refractivity contribution in [3.8, 4) is 22.6 Å². The molecule has 520 valence electrons. The highest BCUT2D eigenvalue weighted by Crippen LogP contribution is 2.41. The van der Waals surface area contributed by atoms with Crippen LogP contribution in [0.25, 0.3) is 11.1 Å². The third kappa shape index (κ3) is 18.6. The molecule has 18 N–H and O–H groups in total. The molecule has 94 heavy (non-hydrogen) atoms. The quantitative estimate of drug-likeness (QED) is 0.0614. The van der Waals surface area contributed by atoms with Crippen molar-refractivity contribution in [3.63, 3.8) is 0 Å². The normalized spacial score (nSPS) is 28.6. The van der Waals surface area contributed by atoms with Gasteiger partial charge in [-0.1, -0.05) is 50.6 Å². The average Bonchev–Trinajstić information content (AvgIpc) is 1.60. The number of hydrogen-bond acceptors (Lipinski definition) is 23. The molecule has 30 nitrogen and oxygen atoms in total. The minimum absolute atomic E-state index is 0.0559. The number of anilines is 1. The predicted molar refractivity (Wildman–Crippen MR) is 341 cm³/mol. The molecule has 3 aromatic rings. The van der Waals surface area contributed by atoms with Crippen molar-refractivity contribution >= 4 is 58.2 Å². The first-order valence-electron chi connectivity index (χ1n) is 32.0. The number of β-amino-alcohol motifs (C(OH)–C–C–N with tert-alkyl or cyclic N) is 1. The van der Waals surface area contributed by atoms with E-state index in [1.165, 1.54) is 57.2 Å². The van der Waals surface area contributed by atoms with E-state index in [1.54, 1.807) is 12.1 Å². The summed E-state index contributed by atoms with van der Waals surface area (Å²) in [7, 11) is 0. The Balaban J connectivity index is 1.07. The second-order valence-corrected chi connectivity index (χ2v) is 26.5. The van der Waals surface area contributed by atoms with Gasteiger partial charge in [-0.25, -0.2) is 0 Å². The maximum absolute atomic E-state index is 15.0. The Morgan fingerprint density at radius 2 is 1.33 bits per heavy atom. The number of aliphatic hydroxyl groups is 8. The number of phenols is 1. The Morgan fingerprint density at radius 1 is 0.713 bits per heavy atom. The summed E-state index contributed by atoms with van der Waals surface area (Å²) in [6.07, 6.45) is -6.59. The van der Waals surface area contributed by atoms with Crippen LogP contribution in [-0.2, 0) is 35.2 Å². The van der Waals surface area contributed by atoms with E-state index in [1.807, 2.05) is 12.1 Å². The lowest BCUT2D eigenvalue weighted by molar-refractivity contribution is -0.147. The van der Waals surface area contributed by atoms with Gasteiger partial charge in [-0.05, 0) is 105 Å². The lowest BCUT2D eigenvalue weighted by Crippen LogP contribution is -2.64. The first kappa shape index (κ1) is 73.0. The minimum atomic E-state index is -4.74. The Bertz CT molecular complexity index is 3070. The number of carbonyl (C=O) groups excluding carboxylic acids is 7. The fourth-order valence-corrected chi connectivity index (χ4v) is 13.5. The van der Waals surface area contributed by atoms with Crippen molar-refractivity contribution in [2.75, 3.05) is 70.5 Å². The van der Waals surface area contributed by atoms with Gasteiger partial charge < -0.3 is 96.7 Å². The highest BCUT2D eigenvalue weighted by atomic mass is 32.3. The molecule has 0 aromatic heterocycles. The lowest BCUT2D eigenvalue weighted by atomic mass is 9.84. The van der Waals surface area contributed by atoms with E-state index in [2.05, 4.69) is 64.9 Å². The van der Waals surface area contributed by atoms with E-state index in [0.29, 0.717) is 6.04 Å². The molecule has 4 saturated heterocycles. The molecule has 4 heterocycles. The van der Waals surface area contributed by atoms with Crippen molar-refractivity contribution in [1.82, 2.24) is 46.6 Å². The molecule has 0 radical (unpaired) electrons. The molecule has 0 spiro atoms. The summed E-state index contributed by atoms with van der Waals surface area (Å²) >= 11 is -4.74. The van der Waals surface area contributed by atoms with Gasteiger partial charge in [0.05, 0.1) is 55.9 Å². The topological polar surface area (TPSA) is 457 Å². The first-order chi connectivity index (χ1) is 44.7. The molecule has 31 heteroatoms. The van der Waals surface area contributed by atoms with Crippen molar-refractivity contribution < 1.29 is 97.4 Å². The van der Waals surface area contributed by atoms with Crippen molar-refractivity contribution in [3.05, 3.63) is 77.9 Å². The summed E-state index contributed by atoms with van der Waals surface area (Å²) in [5.41, 5.74) is 2.74. The zero-order valence-electron chi connectivity index (χ0n) is 52.9. The highest BCUT2D eigenvalue weighted by Gasteiger charge is 2.50. The molecule has 13 atom stereocenters. The van der Waals surface area contributed by atoms with Crippen LogP contribution < -0.4 is 41.0 Å². The van der Waals surface area contributed by atoms with Gasteiger partial charge in [0.25, 0.3) is 17.1 Å². The summed E-state index contributed by atoms with van der Waals surface area (Å²) in [4.78, 5) is 109. The van der Waals surface area contributed by atoms with Gasteiger partial charge in [0, 0.05) is 88.3 Å². The van der Waals surface area contributed by atoms with E-state index in [0.717, 1.165) is 77.8 Å². The van der Waals surface area contributed by atoms with E-state index in [9.17, 15) is 93.2 Å². The second kappa shape index (κ2) is 32.7. The Morgan fingerprint density at radius 3 is 1.95 bits per heavy atom. The molecule has 4 aliphatic heterocycles. The molecule has 5 aliphatic rings. The van der Waals surface area contributed by atoms with E-state index in [-0.39, 0.29) is 24.2 Å². The number of aliphatic hydroxyl groups excluding tert-OH is 8. The molecule has 7 amide bonds. The number of nitrogens with zero attached hydrogens (tertiary/aromatic N) is 4. The molecule has 0 unspecified atom stereocenters. The molecular weight excluding hydrogens is 1250 g/mol. The summed E-state index contributed by atoms with van der Waals surface area (Å²) in [5, 5.41) is 114. The van der Waals surface area contributed by atoms with Gasteiger partial charge >= 0.3 is 0 Å². The van der Waals surface area contributed by atoms with Crippen LogP contribution in [0.4, 0.5) is 5.69 Å². The van der Waals surface area contributed by atoms with Crippen LogP contribution in [-0.4, -0.2) is 266 Å². The maximum Gasteiger partial charge on any atom is 0.266 e. The smallest absolute Gasteiger partial charge is 0.266 e. The number of carbonyl (C=O) groups is 7. The number of phenolic OH excluding ortho intramolecular Hbond substituents is 1. The van der Waals surface area contributed by atoms with Gasteiger partial charge in [0.15, 0.2) is 11.5 Å². The fourth-order valence-electron chi connectivity index (χ4n) is 13.1. The van der Waals surface area contributed by atoms with Crippen LogP contribution in [0.5, 0.6) is 11.5 Å². The zero-order chi connectivity index (χ0) is 68.3. The molecule has 1 aliphatic carbocycles. The SMILES string of the molecule is CCC1CCC(N2CCN(c3ccc(-c4ccc(C(=O)N[C@H]5C[C@@H](O)CNC(=O)[C@@H]6[C@@H](O)[C@@H](C)CN6C(=O)[C@H]([C@H](O)CCNC(CO)CO)NC(=O)[C@H]([C@H](O)Cc6ccc(O)c(OS(O)(O)O)c6)NC(=O)[C@@H]6C[C@@H](O)CN6C(=O)[C@H]([C@@H](C)O)NC5=O)cc4)cc3)CC2)CC1. The van der Waals surface area contributed by atoms with Crippen LogP contribution in [0.2, 0.25) is 0 Å². The summed E-state index contributed by atoms with van der Waals surface area (Å²) < 4.78 is 33.4. The third-order valence-electron chi connectivity index (χ3n) is 18.7. The predicted octanol–water partition coefficient (Wildman–Crippen LogP) is -2.05. The third-order valence-corrected chi connectivity index (χ3v) is 19.1. The second-order valence-electron chi connectivity index (χ2n) is 25.4. The van der Waals surface area contributed by atoms with Gasteiger partial charge in [-0.3, -0.25) is 52.1 Å². The van der Waals surface area contributed by atoms with Gasteiger partial charge in [-0.2, -0.15) is 0 Å². The van der Waals surface area contributed by atoms with Crippen LogP contribution in [0.3, 0.4) is 0 Å². The number of nitrogens with one attached hydrogen (secondary N) is 6. The Labute approximate surface area is 546 Å². The zero-order valence-corrected chi connectivity index (χ0v) is 53.7. The van der Waals surface area contributed by atoms with Crippen molar-refractivity contribution in [1.29, 1.82) is 0 Å². The van der Waals surface area contributed by atoms with E-state index in [4.69, 9.17) is 0 Å². The molecular formula is C63H92N10O20S. The van der Waals surface area contributed by atoms with Crippen LogP contribution in [0.1, 0.15) is 88.1 Å². The summed E-state index contributed by atoms with van der Waals surface area (Å²) in [6.45, 7) is 5.72. The average molecular weight is 1340 g/mol. The monoisotopic (exact) mass is 1340 g/mol. The van der Waals surface area contributed by atoms with Crippen LogP contribution >= 0.6 is 11.2 Å². The number of benzene rings is 3. The summed E-state index contributed by atoms with van der Waals surface area (Å²) in [6, 6.07) is 5.84. The number of aromatic hydroxyl groups is 1. The highest BCUT2D eigenvalue weighted by molar-refractivity contribution is 8.15. The minimum Gasteiger partial charge on any atom is -0.504 e. The number of hydrogen-bond donors (Lipinski definition) is 18.